The molecule has 2 atom stereocenters. The van der Waals surface area contributed by atoms with Crippen LogP contribution in [0.3, 0.4) is 0 Å². The normalized spacial score (nSPS) is 11.4. The monoisotopic (exact) mass is 417 g/mol. The van der Waals surface area contributed by atoms with E-state index in [1.54, 1.807) is 7.11 Å². The maximum absolute atomic E-state index is 6.18. The van der Waals surface area contributed by atoms with Gasteiger partial charge in [0.1, 0.15) is 6.17 Å². The summed E-state index contributed by atoms with van der Waals surface area (Å²) in [5, 5.41) is 6.04. The molecule has 0 radical (unpaired) electrons. The number of hydrogen-bond donors (Lipinski definition) is 4. The zero-order valence-corrected chi connectivity index (χ0v) is 20.1. The lowest BCUT2D eigenvalue weighted by atomic mass is 10.0. The Kier molecular flexibility index (Phi) is 20.3. The van der Waals surface area contributed by atoms with Crippen LogP contribution >= 0.6 is 0 Å². The predicted molar refractivity (Wildman–Crippen MR) is 132 cm³/mol. The molecule has 6 nitrogen and oxygen atoms in total. The van der Waals surface area contributed by atoms with Gasteiger partial charge in [0.2, 0.25) is 0 Å². The number of benzene rings is 2. The van der Waals surface area contributed by atoms with Crippen LogP contribution < -0.4 is 21.8 Å². The summed E-state index contributed by atoms with van der Waals surface area (Å²) in [6.45, 7) is 14.7. The molecular weight excluding hydrogens is 374 g/mol. The molecular formula is C24H43N5O. The van der Waals surface area contributed by atoms with E-state index in [0.717, 1.165) is 17.7 Å². The number of hydrogen-bond acceptors (Lipinski definition) is 6. The summed E-state index contributed by atoms with van der Waals surface area (Å²) in [5.74, 6) is 0. The van der Waals surface area contributed by atoms with E-state index in [1.165, 1.54) is 11.1 Å². The lowest BCUT2D eigenvalue weighted by Gasteiger charge is -2.21. The van der Waals surface area contributed by atoms with E-state index in [4.69, 9.17) is 5.73 Å². The third kappa shape index (κ3) is 13.2. The Morgan fingerprint density at radius 1 is 1.00 bits per heavy atom. The number of nitrogens with zero attached hydrogens (tertiary/aromatic N) is 1. The molecule has 2 unspecified atom stereocenters. The molecule has 6 heteroatoms. The van der Waals surface area contributed by atoms with E-state index in [-0.39, 0.29) is 12.3 Å². The van der Waals surface area contributed by atoms with Crippen LogP contribution in [-0.2, 0) is 4.84 Å². The van der Waals surface area contributed by atoms with E-state index in [0.29, 0.717) is 0 Å². The highest BCUT2D eigenvalue weighted by Crippen LogP contribution is 2.20. The minimum absolute atomic E-state index is 0.204. The summed E-state index contributed by atoms with van der Waals surface area (Å²) in [6.07, 6.45) is -0.474. The van der Waals surface area contributed by atoms with Crippen LogP contribution in [0.2, 0.25) is 0 Å². The lowest BCUT2D eigenvalue weighted by Crippen LogP contribution is -2.31. The van der Waals surface area contributed by atoms with Gasteiger partial charge in [-0.05, 0) is 56.9 Å². The molecule has 0 aromatic heterocycles. The first kappa shape index (κ1) is 30.1. The Labute approximate surface area is 184 Å². The molecule has 0 amide bonds. The molecule has 0 aliphatic heterocycles. The molecule has 5 N–H and O–H groups in total. The summed E-state index contributed by atoms with van der Waals surface area (Å²) >= 11 is 0. The van der Waals surface area contributed by atoms with Crippen molar-refractivity contribution in [2.24, 2.45) is 10.7 Å². The van der Waals surface area contributed by atoms with Crippen molar-refractivity contribution in [3.05, 3.63) is 70.8 Å². The van der Waals surface area contributed by atoms with Gasteiger partial charge in [-0.15, -0.1) is 0 Å². The zero-order valence-electron chi connectivity index (χ0n) is 20.1. The smallest absolute Gasteiger partial charge is 0.126 e. The highest BCUT2D eigenvalue weighted by Gasteiger charge is 2.14. The second-order valence-corrected chi connectivity index (χ2v) is 6.19. The number of nitrogens with two attached hydrogens (primary N) is 1. The van der Waals surface area contributed by atoms with Crippen LogP contribution in [0, 0.1) is 13.8 Å². The van der Waals surface area contributed by atoms with Crippen molar-refractivity contribution in [3.63, 3.8) is 0 Å². The Morgan fingerprint density at radius 3 is 1.97 bits per heavy atom. The fourth-order valence-electron chi connectivity index (χ4n) is 2.26. The maximum atomic E-state index is 6.18. The van der Waals surface area contributed by atoms with Crippen molar-refractivity contribution in [2.75, 3.05) is 27.7 Å². The number of hydroxylamine groups is 1. The number of nitrogens with one attached hydrogen (secondary N) is 3. The van der Waals surface area contributed by atoms with Gasteiger partial charge < -0.3 is 15.9 Å². The van der Waals surface area contributed by atoms with E-state index >= 15 is 0 Å². The van der Waals surface area contributed by atoms with Crippen molar-refractivity contribution in [1.82, 2.24) is 16.1 Å². The van der Waals surface area contributed by atoms with Gasteiger partial charge in [0.05, 0.1) is 13.3 Å². The van der Waals surface area contributed by atoms with Crippen LogP contribution in [0.25, 0.3) is 0 Å². The average molecular weight is 418 g/mol. The SMILES string of the molecule is C=NC(NC(N)c1ccccc1)c1ccc(C)c(C)c1.CC.CCNOC.CNC. The minimum atomic E-state index is -0.270. The molecule has 170 valence electrons. The summed E-state index contributed by atoms with van der Waals surface area (Å²) < 4.78 is 0. The van der Waals surface area contributed by atoms with E-state index < -0.39 is 0 Å². The molecule has 2 aromatic rings. The summed E-state index contributed by atoms with van der Waals surface area (Å²) in [5.41, 5.74) is 13.4. The molecule has 0 aliphatic carbocycles. The zero-order chi connectivity index (χ0) is 23.4. The van der Waals surface area contributed by atoms with E-state index in [9.17, 15) is 0 Å². The average Bonchev–Trinajstić information content (AvgIpc) is 2.77. The molecule has 0 fully saturated rings. The lowest BCUT2D eigenvalue weighted by molar-refractivity contribution is 0.0962. The van der Waals surface area contributed by atoms with Crippen LogP contribution in [0.4, 0.5) is 0 Å². The summed E-state index contributed by atoms with van der Waals surface area (Å²) in [7, 11) is 5.35. The minimum Gasteiger partial charge on any atom is -0.323 e. The van der Waals surface area contributed by atoms with Crippen molar-refractivity contribution >= 4 is 6.72 Å². The molecule has 0 bridgehead atoms. The number of aryl methyl sites for hydroxylation is 2. The van der Waals surface area contributed by atoms with Crippen molar-refractivity contribution in [2.45, 2.75) is 47.0 Å². The van der Waals surface area contributed by atoms with Gasteiger partial charge >= 0.3 is 0 Å². The first-order valence-electron chi connectivity index (χ1n) is 10.4. The van der Waals surface area contributed by atoms with Gasteiger partial charge in [-0.3, -0.25) is 10.3 Å². The van der Waals surface area contributed by atoms with E-state index in [1.807, 2.05) is 65.2 Å². The first-order chi connectivity index (χ1) is 14.4. The number of rotatable bonds is 7. The fourth-order valence-corrected chi connectivity index (χ4v) is 2.26. The number of aliphatic imine (C=N–C) groups is 1. The van der Waals surface area contributed by atoms with Gasteiger partial charge in [-0.2, -0.15) is 0 Å². The Bertz CT molecular complexity index is 647. The van der Waals surface area contributed by atoms with Gasteiger partial charge in [-0.25, -0.2) is 5.48 Å². The quantitative estimate of drug-likeness (QED) is 0.307. The molecule has 0 aliphatic rings. The van der Waals surface area contributed by atoms with Crippen molar-refractivity contribution in [3.8, 4) is 0 Å². The summed E-state index contributed by atoms with van der Waals surface area (Å²) in [6, 6.07) is 16.2. The third-order valence-electron chi connectivity index (χ3n) is 3.81. The van der Waals surface area contributed by atoms with Crippen LogP contribution in [0.15, 0.2) is 53.5 Å². The Hall–Kier alpha value is -2.09. The standard InChI is InChI=1S/C17H21N3.C3H9NO.C2H7N.C2H6/c1-12-9-10-15(11-13(12)2)17(19-3)20-16(18)14-7-5-4-6-8-14;1-3-4-5-2;1-3-2;1-2/h4-11,16-17,20H,3,18H2,1-2H3;4H,3H2,1-2H3;3H,1-2H3;1-2H3. The third-order valence-corrected chi connectivity index (χ3v) is 3.81. The first-order valence-corrected chi connectivity index (χ1v) is 10.4. The van der Waals surface area contributed by atoms with Crippen molar-refractivity contribution < 1.29 is 4.84 Å². The molecule has 30 heavy (non-hydrogen) atoms. The molecule has 0 saturated carbocycles. The van der Waals surface area contributed by atoms with Crippen LogP contribution in [0.1, 0.15) is 55.4 Å². The van der Waals surface area contributed by atoms with Gasteiger partial charge in [0.25, 0.3) is 0 Å². The molecule has 0 spiro atoms. The second-order valence-electron chi connectivity index (χ2n) is 6.19. The van der Waals surface area contributed by atoms with Gasteiger partial charge in [-0.1, -0.05) is 69.3 Å². The highest BCUT2D eigenvalue weighted by atomic mass is 16.6. The predicted octanol–water partition coefficient (Wildman–Crippen LogP) is 4.27. The molecule has 2 rings (SSSR count). The highest BCUT2D eigenvalue weighted by molar-refractivity contribution is 5.34. The molecule has 2 aromatic carbocycles. The Morgan fingerprint density at radius 2 is 1.57 bits per heavy atom. The van der Waals surface area contributed by atoms with Gasteiger partial charge in [0, 0.05) is 6.54 Å². The molecule has 0 saturated heterocycles. The largest absolute Gasteiger partial charge is 0.323 e. The topological polar surface area (TPSA) is 83.7 Å². The maximum Gasteiger partial charge on any atom is 0.126 e. The van der Waals surface area contributed by atoms with Crippen LogP contribution in [-0.4, -0.2) is 34.5 Å². The molecule has 0 heterocycles. The Balaban J connectivity index is 0. The second kappa shape index (κ2) is 20.2. The fraction of sp³-hybridized carbons (Fsp3) is 0.458. The van der Waals surface area contributed by atoms with Crippen LogP contribution in [0.5, 0.6) is 0 Å². The summed E-state index contributed by atoms with van der Waals surface area (Å²) in [4.78, 5) is 8.59. The van der Waals surface area contributed by atoms with E-state index in [2.05, 4.69) is 64.7 Å². The van der Waals surface area contributed by atoms with Crippen molar-refractivity contribution in [1.29, 1.82) is 0 Å². The van der Waals surface area contributed by atoms with Gasteiger partial charge in [0.15, 0.2) is 0 Å².